The van der Waals surface area contributed by atoms with E-state index in [-0.39, 0.29) is 0 Å². The lowest BCUT2D eigenvalue weighted by Crippen LogP contribution is -2.05. The Hall–Kier alpha value is -3.26. The van der Waals surface area contributed by atoms with E-state index in [0.717, 1.165) is 17.0 Å². The Morgan fingerprint density at radius 2 is 1.79 bits per heavy atom. The first-order chi connectivity index (χ1) is 13.8. The summed E-state index contributed by atoms with van der Waals surface area (Å²) in [4.78, 5) is 21.2. The van der Waals surface area contributed by atoms with Crippen LogP contribution in [-0.4, -0.2) is 18.1 Å². The quantitative estimate of drug-likeness (QED) is 0.324. The molecule has 146 valence electrons. The van der Waals surface area contributed by atoms with Crippen molar-refractivity contribution < 1.29 is 22.7 Å². The van der Waals surface area contributed by atoms with E-state index in [1.54, 1.807) is 42.5 Å². The minimum absolute atomic E-state index is 0.420. The summed E-state index contributed by atoms with van der Waals surface area (Å²) < 4.78 is 44.0. The van der Waals surface area contributed by atoms with E-state index in [4.69, 9.17) is 0 Å². The Labute approximate surface area is 167 Å². The number of carbonyl (C=O) groups excluding carboxylic acids is 1. The molecule has 0 unspecified atom stereocenters. The largest absolute Gasteiger partial charge is 0.465 e. The highest BCUT2D eigenvalue weighted by molar-refractivity contribution is 7.21. The Morgan fingerprint density at radius 1 is 1.03 bits per heavy atom. The number of nitrogens with zero attached hydrogens (tertiary/aromatic N) is 2. The van der Waals surface area contributed by atoms with Gasteiger partial charge >= 0.3 is 12.1 Å². The number of hydrogen-bond acceptors (Lipinski definition) is 5. The molecule has 0 saturated carbocycles. The van der Waals surface area contributed by atoms with Crippen molar-refractivity contribution in [3.05, 3.63) is 77.1 Å². The fourth-order valence-corrected chi connectivity index (χ4v) is 3.84. The molecule has 0 saturated heterocycles. The second-order valence-electron chi connectivity index (χ2n) is 6.20. The van der Waals surface area contributed by atoms with Crippen LogP contribution in [0, 0.1) is 0 Å². The third-order valence-electron chi connectivity index (χ3n) is 4.24. The van der Waals surface area contributed by atoms with Crippen LogP contribution in [0.25, 0.3) is 20.8 Å². The number of carbonyl (C=O) groups is 1. The molecule has 1 aliphatic heterocycles. The number of benzene rings is 3. The molecule has 8 heteroatoms. The number of alkyl halides is 3. The van der Waals surface area contributed by atoms with E-state index in [1.165, 1.54) is 24.5 Å². The molecule has 29 heavy (non-hydrogen) atoms. The van der Waals surface area contributed by atoms with Crippen LogP contribution in [0.3, 0.4) is 0 Å². The lowest BCUT2D eigenvalue weighted by atomic mass is 10.2. The van der Waals surface area contributed by atoms with Crippen LogP contribution in [-0.2, 0) is 10.9 Å². The van der Waals surface area contributed by atoms with Crippen molar-refractivity contribution in [1.29, 1.82) is 0 Å². The van der Waals surface area contributed by atoms with Crippen LogP contribution >= 0.6 is 11.3 Å². The molecule has 1 aliphatic carbocycles. The minimum Gasteiger partial charge on any atom is -0.465 e. The zero-order chi connectivity index (χ0) is 20.6. The molecule has 0 atom stereocenters. The summed E-state index contributed by atoms with van der Waals surface area (Å²) in [5, 5.41) is 0.632. The molecule has 2 aromatic rings. The normalized spacial score (nSPS) is 12.5. The zero-order valence-electron chi connectivity index (χ0n) is 15.0. The Balaban J connectivity index is 1.76. The van der Waals surface area contributed by atoms with Gasteiger partial charge in [-0.25, -0.2) is 14.8 Å². The monoisotopic (exact) mass is 414 g/mol. The Morgan fingerprint density at radius 3 is 2.48 bits per heavy atom. The summed E-state index contributed by atoms with van der Waals surface area (Å²) in [5.41, 5.74) is 1.55. The van der Waals surface area contributed by atoms with Crippen molar-refractivity contribution in [2.75, 3.05) is 7.11 Å². The van der Waals surface area contributed by atoms with Gasteiger partial charge in [-0.05, 0) is 60.7 Å². The predicted molar refractivity (Wildman–Crippen MR) is 104 cm³/mol. The Kier molecular flexibility index (Phi) is 4.79. The third kappa shape index (κ3) is 3.97. The number of hydrogen-bond donors (Lipinski definition) is 0. The second kappa shape index (κ2) is 7.29. The lowest BCUT2D eigenvalue weighted by Gasteiger charge is -2.09. The molecule has 0 bridgehead atoms. The summed E-state index contributed by atoms with van der Waals surface area (Å²) in [6, 6.07) is 15.5. The molecule has 0 aromatic heterocycles. The highest BCUT2D eigenvalue weighted by Gasteiger charge is 2.30. The number of halogens is 3. The molecule has 2 aromatic carbocycles. The molecule has 0 amide bonds. The molecule has 1 heterocycles. The van der Waals surface area contributed by atoms with Gasteiger partial charge in [-0.2, -0.15) is 13.2 Å². The number of fused-ring (bicyclic) bond motifs is 2. The molecule has 0 radical (unpaired) electrons. The van der Waals surface area contributed by atoms with E-state index in [9.17, 15) is 18.0 Å². The first-order valence-electron chi connectivity index (χ1n) is 8.48. The first kappa shape index (κ1) is 19.1. The molecular formula is C21H13F3N2O2S. The van der Waals surface area contributed by atoms with Crippen molar-refractivity contribution in [1.82, 2.24) is 4.98 Å². The number of ether oxygens (including phenoxy) is 1. The minimum atomic E-state index is -4.40. The molecular weight excluding hydrogens is 401 g/mol. The highest BCUT2D eigenvalue weighted by atomic mass is 32.1. The molecule has 0 N–H and O–H groups in total. The van der Waals surface area contributed by atoms with Crippen LogP contribution < -0.4 is 5.36 Å². The average Bonchev–Trinajstić information content (AvgIpc) is 2.71. The van der Waals surface area contributed by atoms with Gasteiger partial charge in [0.15, 0.2) is 0 Å². The van der Waals surface area contributed by atoms with Crippen molar-refractivity contribution in [3.8, 4) is 10.6 Å². The van der Waals surface area contributed by atoms with Gasteiger partial charge in [0.1, 0.15) is 0 Å². The smallest absolute Gasteiger partial charge is 0.416 e. The van der Waals surface area contributed by atoms with Gasteiger partial charge in [-0.15, -0.1) is 11.3 Å². The van der Waals surface area contributed by atoms with Crippen LogP contribution in [0.4, 0.5) is 18.9 Å². The molecule has 0 fully saturated rings. The maximum absolute atomic E-state index is 13.0. The average molecular weight is 414 g/mol. The summed E-state index contributed by atoms with van der Waals surface area (Å²) in [6.45, 7) is 0. The second-order valence-corrected chi connectivity index (χ2v) is 7.28. The highest BCUT2D eigenvalue weighted by Crippen LogP contribution is 2.35. The SMILES string of the molecule is COC(=O)c1ccc(/N=c2/ccc3nc4ccc(C(F)(F)F)cc4sc-3c2)cc1. The van der Waals surface area contributed by atoms with E-state index in [2.05, 4.69) is 14.7 Å². The van der Waals surface area contributed by atoms with E-state index in [0.29, 0.717) is 32.5 Å². The lowest BCUT2D eigenvalue weighted by molar-refractivity contribution is -0.137. The van der Waals surface area contributed by atoms with Gasteiger partial charge in [0.25, 0.3) is 0 Å². The van der Waals surface area contributed by atoms with E-state index < -0.39 is 17.7 Å². The first-order valence-corrected chi connectivity index (χ1v) is 9.30. The number of rotatable bonds is 2. The standard InChI is InChI=1S/C21H13F3N2O2S/c1-28-20(27)12-2-5-14(6-3-12)25-15-7-9-17-19(11-15)29-18-10-13(21(22,23)24)4-8-16(18)26-17/h2-11H,1H3/b25-15-. The van der Waals surface area contributed by atoms with Crippen molar-refractivity contribution >= 4 is 33.2 Å². The number of esters is 1. The predicted octanol–water partition coefficient (Wildman–Crippen LogP) is 5.44. The van der Waals surface area contributed by atoms with Crippen LogP contribution in [0.15, 0.2) is 65.7 Å². The molecule has 4 rings (SSSR count). The van der Waals surface area contributed by atoms with Gasteiger partial charge in [0.05, 0.1) is 50.1 Å². The molecule has 0 spiro atoms. The van der Waals surface area contributed by atoms with Gasteiger partial charge in [-0.3, -0.25) is 0 Å². The van der Waals surface area contributed by atoms with Crippen molar-refractivity contribution in [3.63, 3.8) is 0 Å². The summed E-state index contributed by atoms with van der Waals surface area (Å²) >= 11 is 1.23. The maximum Gasteiger partial charge on any atom is 0.416 e. The fraction of sp³-hybridized carbons (Fsp3) is 0.0952. The van der Waals surface area contributed by atoms with Gasteiger partial charge < -0.3 is 4.74 Å². The summed E-state index contributed by atoms with van der Waals surface area (Å²) in [5.74, 6) is -0.430. The maximum atomic E-state index is 13.0. The topological polar surface area (TPSA) is 51.5 Å². The van der Waals surface area contributed by atoms with E-state index >= 15 is 0 Å². The van der Waals surface area contributed by atoms with Crippen molar-refractivity contribution in [2.45, 2.75) is 6.18 Å². The zero-order valence-corrected chi connectivity index (χ0v) is 15.8. The van der Waals surface area contributed by atoms with E-state index in [1.807, 2.05) is 0 Å². The van der Waals surface area contributed by atoms with Crippen LogP contribution in [0.1, 0.15) is 15.9 Å². The van der Waals surface area contributed by atoms with Gasteiger partial charge in [0.2, 0.25) is 0 Å². The van der Waals surface area contributed by atoms with Crippen LogP contribution in [0.2, 0.25) is 0 Å². The molecule has 4 nitrogen and oxygen atoms in total. The molecule has 2 aliphatic rings. The third-order valence-corrected chi connectivity index (χ3v) is 5.33. The summed E-state index contributed by atoms with van der Waals surface area (Å²) in [7, 11) is 1.31. The van der Waals surface area contributed by atoms with Gasteiger partial charge in [0, 0.05) is 0 Å². The Bertz CT molecular complexity index is 1250. The van der Waals surface area contributed by atoms with Gasteiger partial charge in [-0.1, -0.05) is 0 Å². The fourth-order valence-electron chi connectivity index (χ4n) is 2.80. The number of aromatic nitrogens is 1. The van der Waals surface area contributed by atoms with Crippen molar-refractivity contribution in [2.24, 2.45) is 4.99 Å². The number of methoxy groups -OCH3 is 1. The summed E-state index contributed by atoms with van der Waals surface area (Å²) in [6.07, 6.45) is -4.40. The van der Waals surface area contributed by atoms with Crippen LogP contribution in [0.5, 0.6) is 0 Å².